The molecule has 102 valence electrons. The molecule has 1 aromatic heterocycles. The Balaban J connectivity index is 2.14. The van der Waals surface area contributed by atoms with Crippen LogP contribution in [0.15, 0.2) is 33.2 Å². The van der Waals surface area contributed by atoms with Crippen molar-refractivity contribution in [3.63, 3.8) is 0 Å². The van der Waals surface area contributed by atoms with Gasteiger partial charge in [-0.1, -0.05) is 6.07 Å². The van der Waals surface area contributed by atoms with Gasteiger partial charge in [-0.3, -0.25) is 0 Å². The summed E-state index contributed by atoms with van der Waals surface area (Å²) in [5.74, 6) is 0.799. The maximum Gasteiger partial charge on any atom is 0.133 e. The fourth-order valence-electron chi connectivity index (χ4n) is 1.81. The molecule has 0 saturated carbocycles. The van der Waals surface area contributed by atoms with Gasteiger partial charge >= 0.3 is 0 Å². The zero-order chi connectivity index (χ0) is 14.0. The van der Waals surface area contributed by atoms with Crippen molar-refractivity contribution in [1.29, 1.82) is 0 Å². The SMILES string of the molecule is COc1ccc(CC(O)c2cc(Br)c(C)s2)cc1Br. The van der Waals surface area contributed by atoms with Gasteiger partial charge in [-0.15, -0.1) is 11.3 Å². The Kier molecular flexibility index (Phi) is 5.06. The van der Waals surface area contributed by atoms with Crippen LogP contribution in [0.3, 0.4) is 0 Å². The van der Waals surface area contributed by atoms with Crippen molar-refractivity contribution in [3.8, 4) is 5.75 Å². The van der Waals surface area contributed by atoms with E-state index in [4.69, 9.17) is 4.74 Å². The number of halogens is 2. The molecule has 0 saturated heterocycles. The molecule has 1 aromatic carbocycles. The number of rotatable bonds is 4. The summed E-state index contributed by atoms with van der Waals surface area (Å²) < 4.78 is 7.16. The normalized spacial score (nSPS) is 12.5. The van der Waals surface area contributed by atoms with Gasteiger partial charge in [0.15, 0.2) is 0 Å². The van der Waals surface area contributed by atoms with Crippen LogP contribution in [0, 0.1) is 6.92 Å². The Hall–Kier alpha value is -0.360. The van der Waals surface area contributed by atoms with Crippen LogP contribution in [-0.2, 0) is 6.42 Å². The molecule has 0 radical (unpaired) electrons. The van der Waals surface area contributed by atoms with E-state index < -0.39 is 6.10 Å². The standard InChI is InChI=1S/C14H14Br2O2S/c1-8-10(15)7-14(19-8)12(17)6-9-3-4-13(18-2)11(16)5-9/h3-5,7,12,17H,6H2,1-2H3. The van der Waals surface area contributed by atoms with Gasteiger partial charge in [0.05, 0.1) is 17.7 Å². The number of hydrogen-bond donors (Lipinski definition) is 1. The molecule has 1 N–H and O–H groups in total. The van der Waals surface area contributed by atoms with Gasteiger partial charge in [0.1, 0.15) is 5.75 Å². The highest BCUT2D eigenvalue weighted by atomic mass is 79.9. The van der Waals surface area contributed by atoms with Crippen LogP contribution >= 0.6 is 43.2 Å². The number of aliphatic hydroxyl groups excluding tert-OH is 1. The lowest BCUT2D eigenvalue weighted by molar-refractivity contribution is 0.182. The Bertz CT molecular complexity index is 561. The fourth-order valence-corrected chi connectivity index (χ4v) is 3.94. The van der Waals surface area contributed by atoms with Gasteiger partial charge in [0.2, 0.25) is 0 Å². The first-order chi connectivity index (χ1) is 9.01. The number of methoxy groups -OCH3 is 1. The second-order valence-corrected chi connectivity index (χ2v) is 7.24. The molecule has 1 atom stereocenters. The van der Waals surface area contributed by atoms with E-state index in [0.717, 1.165) is 25.1 Å². The van der Waals surface area contributed by atoms with Gasteiger partial charge in [0, 0.05) is 20.6 Å². The van der Waals surface area contributed by atoms with E-state index in [1.54, 1.807) is 18.4 Å². The molecule has 1 unspecified atom stereocenters. The predicted molar refractivity (Wildman–Crippen MR) is 86.1 cm³/mol. The third-order valence-electron chi connectivity index (χ3n) is 2.85. The molecular formula is C14H14Br2O2S. The third kappa shape index (κ3) is 3.60. The molecule has 0 aliphatic carbocycles. The monoisotopic (exact) mass is 404 g/mol. The topological polar surface area (TPSA) is 29.5 Å². The van der Waals surface area contributed by atoms with E-state index >= 15 is 0 Å². The zero-order valence-corrected chi connectivity index (χ0v) is 14.6. The third-order valence-corrected chi connectivity index (χ3v) is 5.71. The van der Waals surface area contributed by atoms with Gasteiger partial charge in [-0.25, -0.2) is 0 Å². The molecule has 0 spiro atoms. The van der Waals surface area contributed by atoms with E-state index in [2.05, 4.69) is 31.9 Å². The summed E-state index contributed by atoms with van der Waals surface area (Å²) in [6, 6.07) is 7.85. The summed E-state index contributed by atoms with van der Waals surface area (Å²) in [4.78, 5) is 2.17. The summed E-state index contributed by atoms with van der Waals surface area (Å²) in [6.45, 7) is 2.04. The highest BCUT2D eigenvalue weighted by Crippen LogP contribution is 2.33. The first-order valence-corrected chi connectivity index (χ1v) is 8.18. The van der Waals surface area contributed by atoms with Crippen LogP contribution in [-0.4, -0.2) is 12.2 Å². The first-order valence-electron chi connectivity index (χ1n) is 5.77. The van der Waals surface area contributed by atoms with Crippen molar-refractivity contribution in [2.75, 3.05) is 7.11 Å². The molecule has 19 heavy (non-hydrogen) atoms. The number of ether oxygens (including phenoxy) is 1. The number of hydrogen-bond acceptors (Lipinski definition) is 3. The van der Waals surface area contributed by atoms with Crippen LogP contribution in [0.2, 0.25) is 0 Å². The maximum absolute atomic E-state index is 10.3. The molecule has 2 aromatic rings. The molecule has 0 aliphatic heterocycles. The summed E-state index contributed by atoms with van der Waals surface area (Å²) >= 11 is 8.55. The van der Waals surface area contributed by atoms with Crippen molar-refractivity contribution in [2.24, 2.45) is 0 Å². The molecular weight excluding hydrogens is 392 g/mol. The van der Waals surface area contributed by atoms with E-state index in [1.807, 2.05) is 31.2 Å². The molecule has 2 rings (SSSR count). The van der Waals surface area contributed by atoms with Crippen molar-refractivity contribution in [2.45, 2.75) is 19.4 Å². The molecule has 2 nitrogen and oxygen atoms in total. The molecule has 0 aliphatic rings. The van der Waals surface area contributed by atoms with Crippen LogP contribution in [0.5, 0.6) is 5.75 Å². The second-order valence-electron chi connectivity index (χ2n) is 4.24. The zero-order valence-electron chi connectivity index (χ0n) is 10.6. The summed E-state index contributed by atoms with van der Waals surface area (Å²) in [6.07, 6.45) is 0.116. The minimum atomic E-state index is -0.477. The Morgan fingerprint density at radius 1 is 1.26 bits per heavy atom. The van der Waals surface area contributed by atoms with E-state index in [0.29, 0.717) is 6.42 Å². The number of thiophene rings is 1. The second kappa shape index (κ2) is 6.39. The van der Waals surface area contributed by atoms with E-state index in [1.165, 1.54) is 4.88 Å². The highest BCUT2D eigenvalue weighted by molar-refractivity contribution is 9.10. The summed E-state index contributed by atoms with van der Waals surface area (Å²) in [5.41, 5.74) is 1.07. The van der Waals surface area contributed by atoms with Crippen molar-refractivity contribution >= 4 is 43.2 Å². The van der Waals surface area contributed by atoms with E-state index in [9.17, 15) is 5.11 Å². The fraction of sp³-hybridized carbons (Fsp3) is 0.286. The van der Waals surface area contributed by atoms with Crippen LogP contribution in [0.1, 0.15) is 21.4 Å². The lowest BCUT2D eigenvalue weighted by Crippen LogP contribution is -1.99. The Morgan fingerprint density at radius 3 is 2.53 bits per heavy atom. The van der Waals surface area contributed by atoms with E-state index in [-0.39, 0.29) is 0 Å². The number of aryl methyl sites for hydroxylation is 1. The summed E-state index contributed by atoms with van der Waals surface area (Å²) in [5, 5.41) is 10.3. The molecule has 5 heteroatoms. The lowest BCUT2D eigenvalue weighted by atomic mass is 10.1. The van der Waals surface area contributed by atoms with Crippen LogP contribution in [0.4, 0.5) is 0 Å². The molecule has 0 bridgehead atoms. The molecule has 1 heterocycles. The predicted octanol–water partition coefficient (Wildman–Crippen LogP) is 4.87. The van der Waals surface area contributed by atoms with Crippen molar-refractivity contribution in [1.82, 2.24) is 0 Å². The van der Waals surface area contributed by atoms with Gasteiger partial charge in [0.25, 0.3) is 0 Å². The van der Waals surface area contributed by atoms with Crippen molar-refractivity contribution in [3.05, 3.63) is 48.5 Å². The minimum absolute atomic E-state index is 0.477. The van der Waals surface area contributed by atoms with Gasteiger partial charge in [-0.2, -0.15) is 0 Å². The van der Waals surface area contributed by atoms with Gasteiger partial charge < -0.3 is 9.84 Å². The average Bonchev–Trinajstić information content (AvgIpc) is 2.70. The number of benzene rings is 1. The lowest BCUT2D eigenvalue weighted by Gasteiger charge is -2.10. The maximum atomic E-state index is 10.3. The molecule has 0 fully saturated rings. The van der Waals surface area contributed by atoms with Crippen LogP contribution < -0.4 is 4.74 Å². The highest BCUT2D eigenvalue weighted by Gasteiger charge is 2.14. The van der Waals surface area contributed by atoms with Gasteiger partial charge in [-0.05, 0) is 62.5 Å². The smallest absolute Gasteiger partial charge is 0.133 e. The molecule has 0 amide bonds. The average molecular weight is 406 g/mol. The Morgan fingerprint density at radius 2 is 2.00 bits per heavy atom. The summed E-state index contributed by atoms with van der Waals surface area (Å²) in [7, 11) is 1.64. The van der Waals surface area contributed by atoms with Crippen molar-refractivity contribution < 1.29 is 9.84 Å². The minimum Gasteiger partial charge on any atom is -0.496 e. The Labute approximate surface area is 133 Å². The number of aliphatic hydroxyl groups is 1. The van der Waals surface area contributed by atoms with Crippen LogP contribution in [0.25, 0.3) is 0 Å². The quantitative estimate of drug-likeness (QED) is 0.786. The first kappa shape index (κ1) is 15.0. The largest absolute Gasteiger partial charge is 0.496 e.